The maximum Gasteiger partial charge on any atom is 0.293 e. The van der Waals surface area contributed by atoms with Crippen molar-refractivity contribution in [1.29, 1.82) is 0 Å². The molecule has 4 atom stereocenters. The van der Waals surface area contributed by atoms with Gasteiger partial charge in [-0.1, -0.05) is 23.6 Å². The molecule has 1 aliphatic heterocycles. The third-order valence-electron chi connectivity index (χ3n) is 9.96. The smallest absolute Gasteiger partial charge is 0.293 e. The number of rotatable bonds is 8. The second kappa shape index (κ2) is 13.6. The summed E-state index contributed by atoms with van der Waals surface area (Å²) in [6, 6.07) is 8.34. The summed E-state index contributed by atoms with van der Waals surface area (Å²) in [5, 5.41) is 14.8. The molecule has 0 bridgehead atoms. The van der Waals surface area contributed by atoms with Gasteiger partial charge in [0, 0.05) is 48.8 Å². The monoisotopic (exact) mass is 768 g/mol. The molecule has 17 heteroatoms. The summed E-state index contributed by atoms with van der Waals surface area (Å²) in [4.78, 5) is 18.7. The summed E-state index contributed by atoms with van der Waals surface area (Å²) in [6.45, 7) is 0.774. The van der Waals surface area contributed by atoms with E-state index in [0.29, 0.717) is 57.5 Å². The Morgan fingerprint density at radius 3 is 2.61 bits per heavy atom. The van der Waals surface area contributed by atoms with Crippen LogP contribution < -0.4 is 16.4 Å². The number of ether oxygens (including phenoxy) is 1. The van der Waals surface area contributed by atoms with Crippen molar-refractivity contribution in [1.82, 2.24) is 35.2 Å². The van der Waals surface area contributed by atoms with E-state index < -0.39 is 71.8 Å². The predicted octanol–water partition coefficient (Wildman–Crippen LogP) is 5.93. The van der Waals surface area contributed by atoms with Crippen LogP contribution in [0.2, 0.25) is 5.02 Å². The van der Waals surface area contributed by atoms with Gasteiger partial charge in [0.25, 0.3) is 12.3 Å². The highest BCUT2D eigenvalue weighted by molar-refractivity contribution is 6.37. The normalized spacial score (nSPS) is 20.4. The number of nitrogens with one attached hydrogen (secondary N) is 2. The van der Waals surface area contributed by atoms with E-state index >= 15 is 8.78 Å². The van der Waals surface area contributed by atoms with Crippen LogP contribution in [0.25, 0.3) is 22.0 Å². The lowest BCUT2D eigenvalue weighted by molar-refractivity contribution is -0.123. The molecule has 1 unspecified atom stereocenters. The van der Waals surface area contributed by atoms with Crippen LogP contribution in [0.5, 0.6) is 0 Å². The number of benzene rings is 2. The zero-order chi connectivity index (χ0) is 38.1. The summed E-state index contributed by atoms with van der Waals surface area (Å²) in [5.74, 6) is -1.80. The van der Waals surface area contributed by atoms with Crippen LogP contribution in [-0.2, 0) is 35.5 Å². The minimum atomic E-state index is -3.46. The zero-order valence-electron chi connectivity index (χ0n) is 28.4. The molecule has 2 aromatic carbocycles. The number of carbonyl (C=O) groups excluding carboxylic acids is 1. The molecule has 54 heavy (non-hydrogen) atoms. The Morgan fingerprint density at radius 2 is 1.89 bits per heavy atom. The minimum Gasteiger partial charge on any atom is -0.382 e. The Bertz CT molecular complexity index is 2360. The first kappa shape index (κ1) is 35.9. The SMILES string of the molecule is Cn1nc(N)c2c(Cl)ccc(-c3ccc(C#CC4CNCCO4)nc3[C@H](Cc3cc(F)cc(F)c3)NC(=O)Cn3nc(C(F)F)c4c3C(F)(F)[C@@H]3C[C@H]43)c21. The Kier molecular flexibility index (Phi) is 9.06. The summed E-state index contributed by atoms with van der Waals surface area (Å²) in [6.07, 6.45) is -3.74. The van der Waals surface area contributed by atoms with Crippen molar-refractivity contribution in [3.8, 4) is 23.0 Å². The number of aromatic nitrogens is 5. The molecule has 4 heterocycles. The molecule has 280 valence electrons. The topological polar surface area (TPSA) is 125 Å². The number of aryl methyl sites for hydroxylation is 1. The van der Waals surface area contributed by atoms with E-state index in [1.165, 1.54) is 4.68 Å². The van der Waals surface area contributed by atoms with Crippen molar-refractivity contribution in [2.24, 2.45) is 13.0 Å². The predicted molar refractivity (Wildman–Crippen MR) is 186 cm³/mol. The summed E-state index contributed by atoms with van der Waals surface area (Å²) < 4.78 is 95.6. The highest BCUT2D eigenvalue weighted by Gasteiger charge is 2.67. The molecule has 10 nitrogen and oxygen atoms in total. The Balaban J connectivity index is 1.24. The number of nitrogen functional groups attached to an aromatic ring is 1. The molecule has 4 N–H and O–H groups in total. The first-order valence-corrected chi connectivity index (χ1v) is 17.4. The Morgan fingerprint density at radius 1 is 1.13 bits per heavy atom. The van der Waals surface area contributed by atoms with E-state index in [0.717, 1.165) is 12.1 Å². The molecule has 0 spiro atoms. The molecule has 1 saturated carbocycles. The Hall–Kier alpha value is -5.11. The highest BCUT2D eigenvalue weighted by Crippen LogP contribution is 2.68. The van der Waals surface area contributed by atoms with Gasteiger partial charge in [-0.05, 0) is 60.6 Å². The number of hydrogen-bond acceptors (Lipinski definition) is 7. The molecule has 8 rings (SSSR count). The van der Waals surface area contributed by atoms with Gasteiger partial charge in [0.05, 0.1) is 34.3 Å². The van der Waals surface area contributed by atoms with Crippen LogP contribution in [0.3, 0.4) is 0 Å². The third kappa shape index (κ3) is 6.43. The van der Waals surface area contributed by atoms with Gasteiger partial charge in [0.15, 0.2) is 5.82 Å². The van der Waals surface area contributed by atoms with Gasteiger partial charge in [-0.2, -0.15) is 19.0 Å². The summed E-state index contributed by atoms with van der Waals surface area (Å²) in [5.41, 5.74) is 6.55. The lowest BCUT2D eigenvalue weighted by Crippen LogP contribution is -2.37. The molecule has 2 fully saturated rings. The molecule has 1 saturated heterocycles. The number of carbonyl (C=O) groups is 1. The maximum atomic E-state index is 15.4. The number of morpholine rings is 1. The fourth-order valence-electron chi connectivity index (χ4n) is 7.61. The van der Waals surface area contributed by atoms with Gasteiger partial charge >= 0.3 is 0 Å². The van der Waals surface area contributed by atoms with E-state index in [1.807, 2.05) is 0 Å². The number of nitrogens with zero attached hydrogens (tertiary/aromatic N) is 5. The van der Waals surface area contributed by atoms with Crippen LogP contribution in [0, 0.1) is 29.4 Å². The number of fused-ring (bicyclic) bond motifs is 4. The average molecular weight is 769 g/mol. The van der Waals surface area contributed by atoms with Crippen molar-refractivity contribution in [3.63, 3.8) is 0 Å². The second-order valence-corrected chi connectivity index (χ2v) is 14.0. The van der Waals surface area contributed by atoms with E-state index in [-0.39, 0.29) is 41.2 Å². The maximum absolute atomic E-state index is 15.4. The summed E-state index contributed by atoms with van der Waals surface area (Å²) >= 11 is 6.53. The number of amides is 1. The standard InChI is InChI=1S/C37H31ClF6N8O2/c1-51-33-23(6-7-26(38)30(33)36(45)50-51)22-5-3-20(2-4-21-15-46-8-9-54-21)47-31(22)27(12-17-10-18(39)13-19(40)11-17)48-28(53)16-52-34-29(32(49-52)35(41)42)24-14-25(24)37(34,43)44/h3,5-7,10-11,13,21,24-25,27,35,46H,8-9,12,14-16H2,1H3,(H2,45,50)(H,48,53)/t21?,24-,25+,27-/m0/s1. The molecule has 2 aliphatic carbocycles. The average Bonchev–Trinajstić information content (AvgIpc) is 3.67. The number of pyridine rings is 1. The van der Waals surface area contributed by atoms with Gasteiger partial charge < -0.3 is 21.1 Å². The van der Waals surface area contributed by atoms with Crippen LogP contribution in [0.15, 0.2) is 42.5 Å². The van der Waals surface area contributed by atoms with Crippen molar-refractivity contribution < 1.29 is 35.9 Å². The van der Waals surface area contributed by atoms with E-state index in [2.05, 4.69) is 32.7 Å². The summed E-state index contributed by atoms with van der Waals surface area (Å²) in [7, 11) is 1.66. The molecule has 3 aromatic heterocycles. The zero-order valence-corrected chi connectivity index (χ0v) is 29.2. The quantitative estimate of drug-likeness (QED) is 0.132. The number of anilines is 1. The fourth-order valence-corrected chi connectivity index (χ4v) is 7.86. The molecular weight excluding hydrogens is 738 g/mol. The van der Waals surface area contributed by atoms with Gasteiger partial charge in [-0.25, -0.2) is 22.5 Å². The number of alkyl halides is 4. The first-order chi connectivity index (χ1) is 25.8. The molecular formula is C37H31ClF6N8O2. The second-order valence-electron chi connectivity index (χ2n) is 13.6. The van der Waals surface area contributed by atoms with Crippen LogP contribution in [0.1, 0.15) is 58.7 Å². The molecule has 0 radical (unpaired) electrons. The highest BCUT2D eigenvalue weighted by atomic mass is 35.5. The lowest BCUT2D eigenvalue weighted by atomic mass is 9.93. The molecule has 3 aliphatic rings. The lowest BCUT2D eigenvalue weighted by Gasteiger charge is -2.23. The van der Waals surface area contributed by atoms with Gasteiger partial charge in [-0.3, -0.25) is 14.2 Å². The fraction of sp³-hybridized carbons (Fsp3) is 0.351. The number of halogens is 7. The molecule has 1 amide bonds. The largest absolute Gasteiger partial charge is 0.382 e. The van der Waals surface area contributed by atoms with Gasteiger partial charge in [0.1, 0.15) is 41.4 Å². The van der Waals surface area contributed by atoms with Crippen molar-refractivity contribution in [2.75, 3.05) is 25.4 Å². The van der Waals surface area contributed by atoms with Gasteiger partial charge in [0.2, 0.25) is 5.91 Å². The van der Waals surface area contributed by atoms with Crippen molar-refractivity contribution in [3.05, 3.63) is 93.0 Å². The van der Waals surface area contributed by atoms with E-state index in [4.69, 9.17) is 27.1 Å². The first-order valence-electron chi connectivity index (χ1n) is 17.1. The third-order valence-corrected chi connectivity index (χ3v) is 10.3. The van der Waals surface area contributed by atoms with Crippen molar-refractivity contribution >= 4 is 34.2 Å². The number of nitrogens with two attached hydrogens (primary N) is 1. The van der Waals surface area contributed by atoms with Crippen LogP contribution in [0.4, 0.5) is 32.2 Å². The van der Waals surface area contributed by atoms with Gasteiger partial charge in [-0.15, -0.1) is 0 Å². The minimum absolute atomic E-state index is 0.0568. The van der Waals surface area contributed by atoms with E-state index in [1.54, 1.807) is 31.3 Å². The van der Waals surface area contributed by atoms with Crippen LogP contribution in [-0.4, -0.2) is 56.3 Å². The van der Waals surface area contributed by atoms with Crippen LogP contribution >= 0.6 is 11.6 Å². The number of hydrogen-bond donors (Lipinski definition) is 3. The Labute approximate surface area is 309 Å². The molecule has 5 aromatic rings. The van der Waals surface area contributed by atoms with Crippen molar-refractivity contribution in [2.45, 2.75) is 49.8 Å². The van der Waals surface area contributed by atoms with E-state index in [9.17, 15) is 22.4 Å².